The van der Waals surface area contributed by atoms with Gasteiger partial charge in [0.1, 0.15) is 5.88 Å². The van der Waals surface area contributed by atoms with E-state index < -0.39 is 0 Å². The molecule has 0 fully saturated rings. The van der Waals surface area contributed by atoms with Crippen LogP contribution in [0.25, 0.3) is 0 Å². The Bertz CT molecular complexity index is 127. The molecule has 66 valence electrons. The van der Waals surface area contributed by atoms with Crippen LogP contribution in [-0.4, -0.2) is 17.8 Å². The zero-order valence-electron chi connectivity index (χ0n) is 7.36. The van der Waals surface area contributed by atoms with E-state index in [1.165, 1.54) is 0 Å². The molecule has 0 heterocycles. The van der Waals surface area contributed by atoms with E-state index in [1.54, 1.807) is 0 Å². The third-order valence-electron chi connectivity index (χ3n) is 2.01. The highest BCUT2D eigenvalue weighted by molar-refractivity contribution is 6.27. The van der Waals surface area contributed by atoms with Crippen LogP contribution >= 0.6 is 11.6 Å². The minimum atomic E-state index is -0.0838. The fourth-order valence-electron chi connectivity index (χ4n) is 0.788. The topological polar surface area (TPSA) is 29.1 Å². The van der Waals surface area contributed by atoms with Gasteiger partial charge in [-0.15, -0.1) is 11.6 Å². The molecule has 2 nitrogen and oxygen atoms in total. The summed E-state index contributed by atoms with van der Waals surface area (Å²) in [5.74, 6) is 0.488. The van der Waals surface area contributed by atoms with E-state index >= 15 is 0 Å². The standard InChI is InChI=1S/C8H16ClNO/c1-4-6(2)7(3)10-8(11)5-9/h6-7H,4-5H2,1-3H3,(H,10,11). The molecule has 0 aliphatic carbocycles. The van der Waals surface area contributed by atoms with Gasteiger partial charge in [-0.3, -0.25) is 4.79 Å². The van der Waals surface area contributed by atoms with Gasteiger partial charge in [0.15, 0.2) is 0 Å². The van der Waals surface area contributed by atoms with Crippen LogP contribution in [-0.2, 0) is 4.79 Å². The molecule has 0 saturated heterocycles. The quantitative estimate of drug-likeness (QED) is 0.652. The summed E-state index contributed by atoms with van der Waals surface area (Å²) in [7, 11) is 0. The van der Waals surface area contributed by atoms with Gasteiger partial charge in [-0.25, -0.2) is 0 Å². The Morgan fingerprint density at radius 2 is 2.09 bits per heavy atom. The van der Waals surface area contributed by atoms with Crippen molar-refractivity contribution in [1.29, 1.82) is 0 Å². The molecule has 0 rings (SSSR count). The number of carbonyl (C=O) groups is 1. The fraction of sp³-hybridized carbons (Fsp3) is 0.875. The molecule has 1 N–H and O–H groups in total. The van der Waals surface area contributed by atoms with Crippen LogP contribution in [0.4, 0.5) is 0 Å². The number of nitrogens with one attached hydrogen (secondary N) is 1. The number of halogens is 1. The molecule has 0 aromatic carbocycles. The van der Waals surface area contributed by atoms with Gasteiger partial charge >= 0.3 is 0 Å². The molecule has 0 aliphatic rings. The van der Waals surface area contributed by atoms with Crippen LogP contribution in [0.5, 0.6) is 0 Å². The highest BCUT2D eigenvalue weighted by Gasteiger charge is 2.11. The minimum absolute atomic E-state index is 0.0563. The summed E-state index contributed by atoms with van der Waals surface area (Å²) in [5, 5.41) is 2.81. The van der Waals surface area contributed by atoms with Crippen molar-refractivity contribution in [3.05, 3.63) is 0 Å². The molecule has 2 unspecified atom stereocenters. The normalized spacial score (nSPS) is 15.6. The Kier molecular flexibility index (Phi) is 5.30. The fourth-order valence-corrected chi connectivity index (χ4v) is 0.865. The first-order valence-electron chi connectivity index (χ1n) is 3.97. The van der Waals surface area contributed by atoms with Crippen LogP contribution in [0.3, 0.4) is 0 Å². The van der Waals surface area contributed by atoms with E-state index in [0.717, 1.165) is 6.42 Å². The van der Waals surface area contributed by atoms with Gasteiger partial charge in [-0.05, 0) is 12.8 Å². The Labute approximate surface area is 73.3 Å². The lowest BCUT2D eigenvalue weighted by Gasteiger charge is -2.18. The number of hydrogen-bond acceptors (Lipinski definition) is 1. The Morgan fingerprint density at radius 3 is 2.45 bits per heavy atom. The van der Waals surface area contributed by atoms with E-state index in [2.05, 4.69) is 19.2 Å². The molecule has 0 aliphatic heterocycles. The average molecular weight is 178 g/mol. The summed E-state index contributed by atoms with van der Waals surface area (Å²) >= 11 is 5.33. The lowest BCUT2D eigenvalue weighted by Crippen LogP contribution is -2.37. The molecular formula is C8H16ClNO. The van der Waals surface area contributed by atoms with E-state index in [9.17, 15) is 4.79 Å². The van der Waals surface area contributed by atoms with Crippen molar-refractivity contribution in [3.63, 3.8) is 0 Å². The van der Waals surface area contributed by atoms with Crippen LogP contribution in [0.15, 0.2) is 0 Å². The van der Waals surface area contributed by atoms with E-state index in [4.69, 9.17) is 11.6 Å². The highest BCUT2D eigenvalue weighted by Crippen LogP contribution is 2.06. The maximum absolute atomic E-state index is 10.8. The second kappa shape index (κ2) is 5.42. The number of carbonyl (C=O) groups excluding carboxylic acids is 1. The van der Waals surface area contributed by atoms with Crippen molar-refractivity contribution in [2.24, 2.45) is 5.92 Å². The third kappa shape index (κ3) is 4.25. The molecule has 0 bridgehead atoms. The molecule has 0 saturated carbocycles. The average Bonchev–Trinajstić information content (AvgIpc) is 2.02. The number of hydrogen-bond donors (Lipinski definition) is 1. The smallest absolute Gasteiger partial charge is 0.235 e. The van der Waals surface area contributed by atoms with Crippen molar-refractivity contribution in [1.82, 2.24) is 5.32 Å². The predicted octanol–water partition coefficient (Wildman–Crippen LogP) is 1.78. The molecule has 0 spiro atoms. The summed E-state index contributed by atoms with van der Waals surface area (Å²) in [6, 6.07) is 0.228. The second-order valence-corrected chi connectivity index (χ2v) is 3.14. The summed E-state index contributed by atoms with van der Waals surface area (Å²) in [6.45, 7) is 6.21. The third-order valence-corrected chi connectivity index (χ3v) is 2.25. The van der Waals surface area contributed by atoms with Crippen molar-refractivity contribution < 1.29 is 4.79 Å². The number of alkyl halides is 1. The maximum Gasteiger partial charge on any atom is 0.235 e. The van der Waals surface area contributed by atoms with Crippen LogP contribution in [0, 0.1) is 5.92 Å². The van der Waals surface area contributed by atoms with Gasteiger partial charge in [-0.2, -0.15) is 0 Å². The lowest BCUT2D eigenvalue weighted by molar-refractivity contribution is -0.119. The zero-order valence-corrected chi connectivity index (χ0v) is 8.11. The summed E-state index contributed by atoms with van der Waals surface area (Å²) in [6.07, 6.45) is 1.07. The van der Waals surface area contributed by atoms with Gasteiger partial charge in [0.25, 0.3) is 0 Å². The molecule has 0 aromatic rings. The van der Waals surface area contributed by atoms with Gasteiger partial charge < -0.3 is 5.32 Å². The van der Waals surface area contributed by atoms with E-state index in [1.807, 2.05) is 6.92 Å². The molecule has 2 atom stereocenters. The van der Waals surface area contributed by atoms with Gasteiger partial charge in [0.2, 0.25) is 5.91 Å². The predicted molar refractivity (Wildman–Crippen MR) is 47.8 cm³/mol. The van der Waals surface area contributed by atoms with E-state index in [0.29, 0.717) is 5.92 Å². The van der Waals surface area contributed by atoms with Gasteiger partial charge in [-0.1, -0.05) is 20.3 Å². The first kappa shape index (κ1) is 10.8. The maximum atomic E-state index is 10.8. The molecule has 1 amide bonds. The first-order valence-corrected chi connectivity index (χ1v) is 4.50. The van der Waals surface area contributed by atoms with Gasteiger partial charge in [0, 0.05) is 6.04 Å². The van der Waals surface area contributed by atoms with Crippen molar-refractivity contribution in [2.45, 2.75) is 33.2 Å². The molecule has 0 radical (unpaired) electrons. The summed E-state index contributed by atoms with van der Waals surface area (Å²) in [4.78, 5) is 10.8. The van der Waals surface area contributed by atoms with Crippen LogP contribution in [0.2, 0.25) is 0 Å². The van der Waals surface area contributed by atoms with Crippen LogP contribution < -0.4 is 5.32 Å². The largest absolute Gasteiger partial charge is 0.352 e. The Balaban J connectivity index is 3.67. The molecule has 11 heavy (non-hydrogen) atoms. The van der Waals surface area contributed by atoms with Crippen molar-refractivity contribution in [3.8, 4) is 0 Å². The summed E-state index contributed by atoms with van der Waals surface area (Å²) in [5.41, 5.74) is 0. The number of rotatable bonds is 4. The van der Waals surface area contributed by atoms with Crippen molar-refractivity contribution >= 4 is 17.5 Å². The van der Waals surface area contributed by atoms with Crippen molar-refractivity contribution in [2.75, 3.05) is 5.88 Å². The minimum Gasteiger partial charge on any atom is -0.352 e. The van der Waals surface area contributed by atoms with Gasteiger partial charge in [0.05, 0.1) is 0 Å². The lowest BCUT2D eigenvalue weighted by atomic mass is 10.0. The summed E-state index contributed by atoms with van der Waals surface area (Å²) < 4.78 is 0. The Morgan fingerprint density at radius 1 is 1.55 bits per heavy atom. The SMILES string of the molecule is CCC(C)C(C)NC(=O)CCl. The zero-order chi connectivity index (χ0) is 8.85. The number of amides is 1. The second-order valence-electron chi connectivity index (χ2n) is 2.88. The van der Waals surface area contributed by atoms with E-state index in [-0.39, 0.29) is 17.8 Å². The molecule has 3 heteroatoms. The highest BCUT2D eigenvalue weighted by atomic mass is 35.5. The first-order chi connectivity index (χ1) is 5.11. The molecular weight excluding hydrogens is 162 g/mol. The van der Waals surface area contributed by atoms with Crippen LogP contribution in [0.1, 0.15) is 27.2 Å². The molecule has 0 aromatic heterocycles. The monoisotopic (exact) mass is 177 g/mol. The Hall–Kier alpha value is -0.240.